The topological polar surface area (TPSA) is 62.5 Å². The number of phenolic OH excluding ortho intramolecular Hbond substituents is 1. The lowest BCUT2D eigenvalue weighted by atomic mass is 9.48. The molecule has 4 fully saturated rings. The summed E-state index contributed by atoms with van der Waals surface area (Å²) in [7, 11) is 0. The third-order valence-electron chi connectivity index (χ3n) is 7.42. The lowest BCUT2D eigenvalue weighted by molar-refractivity contribution is -0.0706. The van der Waals surface area contributed by atoms with Crippen LogP contribution in [0.3, 0.4) is 0 Å². The van der Waals surface area contributed by atoms with Crippen LogP contribution in [-0.4, -0.2) is 11.1 Å². The first-order valence-corrected chi connectivity index (χ1v) is 10.00. The van der Waals surface area contributed by atoms with E-state index in [0.717, 1.165) is 28.7 Å². The Bertz CT molecular complexity index is 865. The summed E-state index contributed by atoms with van der Waals surface area (Å²) in [5, 5.41) is 14.3. The molecule has 138 valence electrons. The molecule has 2 N–H and O–H groups in total. The Morgan fingerprint density at radius 3 is 2.46 bits per heavy atom. The van der Waals surface area contributed by atoms with E-state index in [0.29, 0.717) is 23.6 Å². The lowest BCUT2D eigenvalue weighted by Gasteiger charge is -2.59. The van der Waals surface area contributed by atoms with Crippen molar-refractivity contribution in [2.75, 3.05) is 0 Å². The van der Waals surface area contributed by atoms with Gasteiger partial charge in [-0.05, 0) is 86.3 Å². The molecule has 1 atom stereocenters. The summed E-state index contributed by atoms with van der Waals surface area (Å²) in [6.45, 7) is 3.00. The Labute approximate surface area is 153 Å². The highest BCUT2D eigenvalue weighted by Crippen LogP contribution is 2.61. The van der Waals surface area contributed by atoms with E-state index < -0.39 is 0 Å². The summed E-state index contributed by atoms with van der Waals surface area (Å²) in [4.78, 5) is 11.9. The molecule has 4 saturated carbocycles. The van der Waals surface area contributed by atoms with E-state index in [9.17, 15) is 9.90 Å². The van der Waals surface area contributed by atoms with E-state index in [1.165, 1.54) is 44.6 Å². The van der Waals surface area contributed by atoms with Crippen molar-refractivity contribution in [3.8, 4) is 5.75 Å². The molecule has 4 bridgehead atoms. The molecule has 0 saturated heterocycles. The fourth-order valence-corrected chi connectivity index (χ4v) is 6.55. The first-order valence-electron chi connectivity index (χ1n) is 10.00. The Hall–Kier alpha value is -1.81. The zero-order valence-corrected chi connectivity index (χ0v) is 15.3. The molecular formula is C22H27NO3. The molecule has 1 heterocycles. The molecule has 0 amide bonds. The smallest absolute Gasteiger partial charge is 0.336 e. The van der Waals surface area contributed by atoms with Gasteiger partial charge in [0, 0.05) is 30.1 Å². The molecule has 4 aliphatic rings. The van der Waals surface area contributed by atoms with Crippen molar-refractivity contribution in [1.29, 1.82) is 0 Å². The van der Waals surface area contributed by atoms with E-state index in [4.69, 9.17) is 4.42 Å². The van der Waals surface area contributed by atoms with Gasteiger partial charge in [-0.15, -0.1) is 0 Å². The molecule has 4 nitrogen and oxygen atoms in total. The Morgan fingerprint density at radius 2 is 1.81 bits per heavy atom. The molecule has 0 spiro atoms. The molecule has 4 aliphatic carbocycles. The third kappa shape index (κ3) is 2.66. The van der Waals surface area contributed by atoms with Crippen molar-refractivity contribution in [2.24, 2.45) is 23.2 Å². The van der Waals surface area contributed by atoms with Gasteiger partial charge in [-0.3, -0.25) is 0 Å². The minimum atomic E-state index is -0.359. The van der Waals surface area contributed by atoms with Crippen LogP contribution < -0.4 is 10.9 Å². The van der Waals surface area contributed by atoms with Crippen LogP contribution in [-0.2, 0) is 6.54 Å². The van der Waals surface area contributed by atoms with E-state index in [2.05, 4.69) is 12.2 Å². The molecule has 6 rings (SSSR count). The van der Waals surface area contributed by atoms with Gasteiger partial charge in [-0.1, -0.05) is 0 Å². The van der Waals surface area contributed by atoms with Gasteiger partial charge in [0.15, 0.2) is 0 Å². The van der Waals surface area contributed by atoms with Gasteiger partial charge in [0.2, 0.25) is 0 Å². The zero-order valence-electron chi connectivity index (χ0n) is 15.3. The fraction of sp³-hybridized carbons (Fsp3) is 0.591. The van der Waals surface area contributed by atoms with Gasteiger partial charge in [0.25, 0.3) is 0 Å². The summed E-state index contributed by atoms with van der Waals surface area (Å²) in [5.41, 5.74) is 1.49. The van der Waals surface area contributed by atoms with Crippen LogP contribution in [0.4, 0.5) is 0 Å². The number of rotatable bonds is 4. The molecule has 1 aromatic heterocycles. The summed E-state index contributed by atoms with van der Waals surface area (Å²) >= 11 is 0. The second kappa shape index (κ2) is 5.85. The number of hydrogen-bond acceptors (Lipinski definition) is 4. The Morgan fingerprint density at radius 1 is 1.15 bits per heavy atom. The molecule has 1 aromatic carbocycles. The number of nitrogens with one attached hydrogen (secondary N) is 1. The first kappa shape index (κ1) is 16.4. The summed E-state index contributed by atoms with van der Waals surface area (Å²) in [6, 6.07) is 7.03. The quantitative estimate of drug-likeness (QED) is 0.809. The van der Waals surface area contributed by atoms with Crippen molar-refractivity contribution in [1.82, 2.24) is 5.32 Å². The summed E-state index contributed by atoms with van der Waals surface area (Å²) in [6.07, 6.45) is 8.50. The van der Waals surface area contributed by atoms with Crippen LogP contribution in [0, 0.1) is 23.2 Å². The van der Waals surface area contributed by atoms with E-state index in [1.54, 1.807) is 12.1 Å². The minimum Gasteiger partial charge on any atom is -0.508 e. The van der Waals surface area contributed by atoms with Crippen LogP contribution >= 0.6 is 0 Å². The SMILES string of the molecule is C[C@@H](NCc1cc(=O)oc2cc(O)ccc12)C12CC3CC(CC(C3)C1)C2. The average Bonchev–Trinajstić information content (AvgIpc) is 2.57. The van der Waals surface area contributed by atoms with Crippen LogP contribution in [0.2, 0.25) is 0 Å². The molecule has 2 aromatic rings. The average molecular weight is 353 g/mol. The predicted molar refractivity (Wildman–Crippen MR) is 101 cm³/mol. The van der Waals surface area contributed by atoms with E-state index in [1.807, 2.05) is 6.07 Å². The van der Waals surface area contributed by atoms with Gasteiger partial charge in [0.05, 0.1) is 0 Å². The maximum Gasteiger partial charge on any atom is 0.336 e. The number of benzene rings is 1. The Balaban J connectivity index is 1.38. The van der Waals surface area contributed by atoms with Crippen LogP contribution in [0.1, 0.15) is 51.0 Å². The van der Waals surface area contributed by atoms with E-state index >= 15 is 0 Å². The standard InChI is InChI=1S/C22H27NO3/c1-13(22-9-14-4-15(10-22)6-16(5-14)11-22)23-12-17-7-21(25)26-20-8-18(24)2-3-19(17)20/h2-3,7-8,13-16,23-24H,4-6,9-12H2,1H3/t13-,14?,15?,16?,22?/m1/s1. The van der Waals surface area contributed by atoms with Crippen molar-refractivity contribution < 1.29 is 9.52 Å². The number of aromatic hydroxyl groups is 1. The second-order valence-electron chi connectivity index (χ2n) is 9.15. The van der Waals surface area contributed by atoms with Crippen molar-refractivity contribution >= 4 is 11.0 Å². The first-order chi connectivity index (χ1) is 12.5. The summed E-state index contributed by atoms with van der Waals surface area (Å²) < 4.78 is 5.25. The molecule has 4 heteroatoms. The predicted octanol–water partition coefficient (Wildman–Crippen LogP) is 4.19. The summed E-state index contributed by atoms with van der Waals surface area (Å²) in [5.74, 6) is 2.95. The fourth-order valence-electron chi connectivity index (χ4n) is 6.55. The van der Waals surface area contributed by atoms with Crippen LogP contribution in [0.25, 0.3) is 11.0 Å². The van der Waals surface area contributed by atoms with Gasteiger partial charge in [0.1, 0.15) is 11.3 Å². The van der Waals surface area contributed by atoms with E-state index in [-0.39, 0.29) is 11.4 Å². The third-order valence-corrected chi connectivity index (χ3v) is 7.42. The minimum absolute atomic E-state index is 0.118. The lowest BCUT2D eigenvalue weighted by Crippen LogP contribution is -2.54. The van der Waals surface area contributed by atoms with Crippen molar-refractivity contribution in [3.63, 3.8) is 0 Å². The van der Waals surface area contributed by atoms with Crippen LogP contribution in [0.15, 0.2) is 33.5 Å². The van der Waals surface area contributed by atoms with Crippen LogP contribution in [0.5, 0.6) is 5.75 Å². The van der Waals surface area contributed by atoms with Crippen molar-refractivity contribution in [2.45, 2.75) is 58.0 Å². The second-order valence-corrected chi connectivity index (χ2v) is 9.15. The molecule has 0 unspecified atom stereocenters. The maximum atomic E-state index is 11.9. The largest absolute Gasteiger partial charge is 0.508 e. The highest BCUT2D eigenvalue weighted by Gasteiger charge is 2.52. The van der Waals surface area contributed by atoms with Gasteiger partial charge >= 0.3 is 5.63 Å². The molecule has 0 radical (unpaired) electrons. The number of phenols is 1. The zero-order chi connectivity index (χ0) is 17.9. The normalized spacial score (nSPS) is 33.7. The molecule has 0 aliphatic heterocycles. The highest BCUT2D eigenvalue weighted by molar-refractivity contribution is 5.81. The van der Waals surface area contributed by atoms with Crippen molar-refractivity contribution in [3.05, 3.63) is 40.2 Å². The number of hydrogen-bond donors (Lipinski definition) is 2. The Kier molecular flexibility index (Phi) is 3.68. The monoisotopic (exact) mass is 353 g/mol. The van der Waals surface area contributed by atoms with Gasteiger partial charge < -0.3 is 14.8 Å². The highest BCUT2D eigenvalue weighted by atomic mass is 16.4. The van der Waals surface area contributed by atoms with Gasteiger partial charge in [-0.25, -0.2) is 4.79 Å². The maximum absolute atomic E-state index is 11.9. The van der Waals surface area contributed by atoms with Gasteiger partial charge in [-0.2, -0.15) is 0 Å². The number of fused-ring (bicyclic) bond motifs is 1. The molecule has 26 heavy (non-hydrogen) atoms. The molecular weight excluding hydrogens is 326 g/mol.